The minimum Gasteiger partial charge on any atom is -0.349 e. The van der Waals surface area contributed by atoms with E-state index < -0.39 is 0 Å². The summed E-state index contributed by atoms with van der Waals surface area (Å²) in [6.45, 7) is 2.40. The van der Waals surface area contributed by atoms with Crippen LogP contribution in [0, 0.1) is 11.8 Å². The maximum absolute atomic E-state index is 11.3. The van der Waals surface area contributed by atoms with Gasteiger partial charge >= 0.3 is 0 Å². The van der Waals surface area contributed by atoms with Crippen molar-refractivity contribution in [1.29, 1.82) is 0 Å². The Balaban J connectivity index is 3.18. The predicted octanol–water partition coefficient (Wildman–Crippen LogP) is 5.96. The van der Waals surface area contributed by atoms with E-state index in [0.717, 1.165) is 32.0 Å². The van der Waals surface area contributed by atoms with E-state index in [2.05, 4.69) is 24.1 Å². The molecule has 1 N–H and O–H groups in total. The zero-order valence-corrected chi connectivity index (χ0v) is 17.1. The van der Waals surface area contributed by atoms with Crippen LogP contribution in [-0.2, 0) is 9.59 Å². The van der Waals surface area contributed by atoms with Crippen LogP contribution in [0.1, 0.15) is 116 Å². The molecule has 0 fully saturated rings. The molecule has 0 spiro atoms. The first kappa shape index (κ1) is 24.7. The van der Waals surface area contributed by atoms with Crippen LogP contribution < -0.4 is 5.32 Å². The van der Waals surface area contributed by atoms with Crippen molar-refractivity contribution in [2.45, 2.75) is 116 Å². The van der Waals surface area contributed by atoms with Gasteiger partial charge < -0.3 is 10.1 Å². The zero-order valence-electron chi connectivity index (χ0n) is 17.1. The van der Waals surface area contributed by atoms with Crippen LogP contribution >= 0.6 is 0 Å². The molecule has 0 heterocycles. The van der Waals surface area contributed by atoms with E-state index in [-0.39, 0.29) is 12.5 Å². The Morgan fingerprint density at radius 2 is 1.19 bits per heavy atom. The first-order valence-corrected chi connectivity index (χ1v) is 11.0. The second kappa shape index (κ2) is 21.7. The Bertz CT molecular complexity index is 381. The zero-order chi connectivity index (χ0) is 19.1. The molecule has 0 radical (unpaired) electrons. The highest BCUT2D eigenvalue weighted by atomic mass is 16.2. The van der Waals surface area contributed by atoms with Crippen LogP contribution in [0.2, 0.25) is 0 Å². The van der Waals surface area contributed by atoms with Gasteiger partial charge in [0.25, 0.3) is 0 Å². The Labute approximate surface area is 162 Å². The predicted molar refractivity (Wildman–Crippen MR) is 111 cm³/mol. The molecule has 0 aliphatic heterocycles. The molecule has 0 unspecified atom stereocenters. The molecule has 0 bridgehead atoms. The normalized spacial score (nSPS) is 10.2. The summed E-state index contributed by atoms with van der Waals surface area (Å²) >= 11 is 0. The highest BCUT2D eigenvalue weighted by Crippen LogP contribution is 2.10. The Kier molecular flexibility index (Phi) is 20.7. The van der Waals surface area contributed by atoms with E-state index >= 15 is 0 Å². The van der Waals surface area contributed by atoms with Crippen LogP contribution in [0.3, 0.4) is 0 Å². The molecule has 0 saturated carbocycles. The van der Waals surface area contributed by atoms with E-state index in [1.54, 1.807) is 0 Å². The minimum atomic E-state index is -0.0103. The Morgan fingerprint density at radius 1 is 0.731 bits per heavy atom. The SMILES string of the molecule is CCCCCCCCCCC#CCCCCCCCCC(=O)NCC=O. The molecule has 0 atom stereocenters. The number of nitrogens with one attached hydrogen (secondary N) is 1. The smallest absolute Gasteiger partial charge is 0.220 e. The average Bonchev–Trinajstić information content (AvgIpc) is 2.65. The third kappa shape index (κ3) is 20.7. The average molecular weight is 364 g/mol. The molecule has 1 amide bonds. The minimum absolute atomic E-state index is 0.0103. The fraction of sp³-hybridized carbons (Fsp3) is 0.826. The van der Waals surface area contributed by atoms with E-state index in [9.17, 15) is 9.59 Å². The maximum Gasteiger partial charge on any atom is 0.220 e. The van der Waals surface area contributed by atoms with Crippen LogP contribution in [0.25, 0.3) is 0 Å². The maximum atomic E-state index is 11.3. The van der Waals surface area contributed by atoms with Crippen LogP contribution in [-0.4, -0.2) is 18.7 Å². The van der Waals surface area contributed by atoms with Crippen molar-refractivity contribution in [2.24, 2.45) is 0 Å². The molecule has 3 heteroatoms. The van der Waals surface area contributed by atoms with Crippen LogP contribution in [0.15, 0.2) is 0 Å². The van der Waals surface area contributed by atoms with Crippen molar-refractivity contribution in [3.05, 3.63) is 0 Å². The second-order valence-electron chi connectivity index (χ2n) is 7.17. The van der Waals surface area contributed by atoms with Crippen LogP contribution in [0.4, 0.5) is 0 Å². The Morgan fingerprint density at radius 3 is 1.69 bits per heavy atom. The number of hydrogen-bond donors (Lipinski definition) is 1. The summed E-state index contributed by atoms with van der Waals surface area (Å²) in [6, 6.07) is 0. The number of unbranched alkanes of at least 4 members (excludes halogenated alkanes) is 14. The van der Waals surface area contributed by atoms with Crippen molar-refractivity contribution in [3.8, 4) is 11.8 Å². The topological polar surface area (TPSA) is 46.2 Å². The summed E-state index contributed by atoms with van der Waals surface area (Å²) in [7, 11) is 0. The molecular weight excluding hydrogens is 322 g/mol. The van der Waals surface area contributed by atoms with E-state index in [0.29, 0.717) is 6.42 Å². The van der Waals surface area contributed by atoms with Crippen molar-refractivity contribution < 1.29 is 9.59 Å². The standard InChI is InChI=1S/C23H41NO2/c1-2-3-4-5-6-7-8-9-10-11-12-13-14-15-16-17-18-19-20-23(26)24-21-22-25/h22H,2-10,13-21H2,1H3,(H,24,26). The molecule has 0 rings (SSSR count). The largest absolute Gasteiger partial charge is 0.349 e. The van der Waals surface area contributed by atoms with Gasteiger partial charge in [-0.05, 0) is 19.3 Å². The summed E-state index contributed by atoms with van der Waals surface area (Å²) in [5.74, 6) is 6.62. The summed E-state index contributed by atoms with van der Waals surface area (Å²) in [6.07, 6.45) is 21.2. The third-order valence-corrected chi connectivity index (χ3v) is 4.62. The molecule has 3 nitrogen and oxygen atoms in total. The number of carbonyl (C=O) groups excluding carboxylic acids is 2. The number of aldehydes is 1. The number of amides is 1. The summed E-state index contributed by atoms with van der Waals surface area (Å²) < 4.78 is 0. The molecule has 0 aromatic carbocycles. The lowest BCUT2D eigenvalue weighted by molar-refractivity contribution is -0.122. The van der Waals surface area contributed by atoms with Gasteiger partial charge in [0.1, 0.15) is 6.29 Å². The van der Waals surface area contributed by atoms with Gasteiger partial charge in [-0.15, -0.1) is 11.8 Å². The lowest BCUT2D eigenvalue weighted by Crippen LogP contribution is -2.24. The molecule has 0 aliphatic rings. The number of carbonyl (C=O) groups is 2. The van der Waals surface area contributed by atoms with Crippen molar-refractivity contribution in [1.82, 2.24) is 5.32 Å². The molecule has 0 aromatic rings. The van der Waals surface area contributed by atoms with Crippen LogP contribution in [0.5, 0.6) is 0 Å². The highest BCUT2D eigenvalue weighted by molar-refractivity contribution is 5.78. The fourth-order valence-corrected chi connectivity index (χ4v) is 2.97. The van der Waals surface area contributed by atoms with E-state index in [1.165, 1.54) is 77.0 Å². The van der Waals surface area contributed by atoms with Gasteiger partial charge in [0.05, 0.1) is 6.54 Å². The van der Waals surface area contributed by atoms with Gasteiger partial charge in [0, 0.05) is 19.3 Å². The number of rotatable bonds is 18. The summed E-state index contributed by atoms with van der Waals surface area (Å²) in [5.41, 5.74) is 0. The quantitative estimate of drug-likeness (QED) is 0.186. The van der Waals surface area contributed by atoms with E-state index in [4.69, 9.17) is 0 Å². The number of hydrogen-bond acceptors (Lipinski definition) is 2. The summed E-state index contributed by atoms with van der Waals surface area (Å²) in [5, 5.41) is 2.57. The van der Waals surface area contributed by atoms with E-state index in [1.807, 2.05) is 0 Å². The third-order valence-electron chi connectivity index (χ3n) is 4.62. The van der Waals surface area contributed by atoms with Gasteiger partial charge in [0.2, 0.25) is 5.91 Å². The van der Waals surface area contributed by atoms with Gasteiger partial charge in [-0.25, -0.2) is 0 Å². The van der Waals surface area contributed by atoms with Gasteiger partial charge in [-0.3, -0.25) is 4.79 Å². The molecule has 0 aliphatic carbocycles. The fourth-order valence-electron chi connectivity index (χ4n) is 2.97. The first-order chi connectivity index (χ1) is 12.8. The van der Waals surface area contributed by atoms with Crippen molar-refractivity contribution in [2.75, 3.05) is 6.54 Å². The lowest BCUT2D eigenvalue weighted by atomic mass is 10.1. The first-order valence-electron chi connectivity index (χ1n) is 11.0. The Hall–Kier alpha value is -1.30. The summed E-state index contributed by atoms with van der Waals surface area (Å²) in [4.78, 5) is 21.4. The van der Waals surface area contributed by atoms with Crippen molar-refractivity contribution >= 4 is 12.2 Å². The monoisotopic (exact) mass is 363 g/mol. The highest BCUT2D eigenvalue weighted by Gasteiger charge is 1.99. The lowest BCUT2D eigenvalue weighted by Gasteiger charge is -2.02. The van der Waals surface area contributed by atoms with Gasteiger partial charge in [-0.1, -0.05) is 77.6 Å². The second-order valence-corrected chi connectivity index (χ2v) is 7.17. The molecule has 0 saturated heterocycles. The molecule has 0 aromatic heterocycles. The molecule has 150 valence electrons. The van der Waals surface area contributed by atoms with Gasteiger partial charge in [-0.2, -0.15) is 0 Å². The molecule has 26 heavy (non-hydrogen) atoms. The molecular formula is C23H41NO2. The van der Waals surface area contributed by atoms with Gasteiger partial charge in [0.15, 0.2) is 0 Å². The van der Waals surface area contributed by atoms with Crippen molar-refractivity contribution in [3.63, 3.8) is 0 Å².